The Kier molecular flexibility index (Phi) is 8.20. The number of aromatic nitrogens is 2. The minimum absolute atomic E-state index is 0.0756. The monoisotopic (exact) mass is 538 g/mol. The van der Waals surface area contributed by atoms with Crippen molar-refractivity contribution in [3.8, 4) is 11.1 Å². The molecule has 1 heterocycles. The summed E-state index contributed by atoms with van der Waals surface area (Å²) in [5.74, 6) is -1.70. The minimum atomic E-state index is -1.07. The van der Waals surface area contributed by atoms with Gasteiger partial charge in [-0.25, -0.2) is 4.79 Å². The van der Waals surface area contributed by atoms with Crippen molar-refractivity contribution in [2.45, 2.75) is 37.9 Å². The van der Waals surface area contributed by atoms with Gasteiger partial charge in [-0.2, -0.15) is 5.10 Å². The van der Waals surface area contributed by atoms with E-state index in [4.69, 9.17) is 9.84 Å². The Labute approximate surface area is 231 Å². The number of carboxylic acid groups (broad SMARTS) is 1. The molecule has 0 spiro atoms. The van der Waals surface area contributed by atoms with E-state index >= 15 is 0 Å². The zero-order valence-electron chi connectivity index (χ0n) is 21.8. The summed E-state index contributed by atoms with van der Waals surface area (Å²) in [5, 5.41) is 18.9. The second-order valence-corrected chi connectivity index (χ2v) is 9.66. The highest BCUT2D eigenvalue weighted by Crippen LogP contribution is 2.44. The highest BCUT2D eigenvalue weighted by Gasteiger charge is 2.30. The highest BCUT2D eigenvalue weighted by atomic mass is 16.5. The van der Waals surface area contributed by atoms with E-state index in [0.29, 0.717) is 12.2 Å². The molecule has 0 radical (unpaired) electrons. The molecule has 4 aromatic rings. The molecule has 204 valence electrons. The molecule has 0 aliphatic heterocycles. The SMILES string of the molecule is O=C(O)CCC(NC(=O)OCC1c2ccccc2-c2ccccc21)C(=O)NCc1ccn(Cc2ccccc2)n1. The van der Waals surface area contributed by atoms with Gasteiger partial charge in [0.1, 0.15) is 12.6 Å². The van der Waals surface area contributed by atoms with Crippen LogP contribution in [0.25, 0.3) is 11.1 Å². The lowest BCUT2D eigenvalue weighted by molar-refractivity contribution is -0.137. The number of carbonyl (C=O) groups is 3. The van der Waals surface area contributed by atoms with Crippen molar-refractivity contribution in [1.82, 2.24) is 20.4 Å². The summed E-state index contributed by atoms with van der Waals surface area (Å²) in [6.07, 6.45) is 0.687. The normalized spacial score (nSPS) is 12.7. The maximum absolute atomic E-state index is 12.9. The average molecular weight is 539 g/mol. The van der Waals surface area contributed by atoms with Gasteiger partial charge >= 0.3 is 12.1 Å². The number of carbonyl (C=O) groups excluding carboxylic acids is 2. The largest absolute Gasteiger partial charge is 0.481 e. The Balaban J connectivity index is 1.18. The molecule has 0 bridgehead atoms. The minimum Gasteiger partial charge on any atom is -0.481 e. The molecule has 3 N–H and O–H groups in total. The number of alkyl carbamates (subject to hydrolysis) is 1. The number of nitrogens with zero attached hydrogens (tertiary/aromatic N) is 2. The Morgan fingerprint density at radius 2 is 1.55 bits per heavy atom. The van der Waals surface area contributed by atoms with Gasteiger partial charge in [0.2, 0.25) is 5.91 Å². The fourth-order valence-electron chi connectivity index (χ4n) is 4.98. The van der Waals surface area contributed by atoms with E-state index in [1.807, 2.05) is 85.1 Å². The predicted octanol–water partition coefficient (Wildman–Crippen LogP) is 4.32. The first-order valence-corrected chi connectivity index (χ1v) is 13.1. The lowest BCUT2D eigenvalue weighted by Crippen LogP contribution is -2.47. The predicted molar refractivity (Wildman–Crippen MR) is 148 cm³/mol. The third kappa shape index (κ3) is 6.37. The number of rotatable bonds is 11. The standard InChI is InChI=1S/C31H30N4O5/c36-29(37)15-14-28(30(38)32-18-22-16-17-35(34-22)19-21-8-2-1-3-9-21)33-31(39)40-20-27-25-12-6-4-10-23(25)24-11-5-7-13-26(24)27/h1-13,16-17,27-28H,14-15,18-20H2,(H,32,38)(H,33,39)(H,36,37). The number of hydrogen-bond acceptors (Lipinski definition) is 5. The summed E-state index contributed by atoms with van der Waals surface area (Å²) in [7, 11) is 0. The number of benzene rings is 3. The molecule has 3 aromatic carbocycles. The number of aliphatic carboxylic acids is 1. The number of carboxylic acids is 1. The summed E-state index contributed by atoms with van der Waals surface area (Å²) in [6, 6.07) is 26.6. The summed E-state index contributed by atoms with van der Waals surface area (Å²) in [5.41, 5.74) is 6.10. The van der Waals surface area contributed by atoms with E-state index in [1.54, 1.807) is 10.7 Å². The number of hydrogen-bond donors (Lipinski definition) is 3. The highest BCUT2D eigenvalue weighted by molar-refractivity contribution is 5.86. The Bertz CT molecular complexity index is 1450. The van der Waals surface area contributed by atoms with Crippen molar-refractivity contribution in [3.05, 3.63) is 114 Å². The Morgan fingerprint density at radius 3 is 2.23 bits per heavy atom. The van der Waals surface area contributed by atoms with Crippen LogP contribution in [0.15, 0.2) is 91.1 Å². The first-order valence-electron chi connectivity index (χ1n) is 13.1. The molecule has 1 aliphatic rings. The van der Waals surface area contributed by atoms with E-state index in [1.165, 1.54) is 0 Å². The van der Waals surface area contributed by atoms with Crippen molar-refractivity contribution in [2.75, 3.05) is 6.61 Å². The molecule has 40 heavy (non-hydrogen) atoms. The first-order chi connectivity index (χ1) is 19.5. The van der Waals surface area contributed by atoms with Gasteiger partial charge in [-0.05, 0) is 40.3 Å². The third-order valence-electron chi connectivity index (χ3n) is 6.93. The zero-order chi connectivity index (χ0) is 27.9. The van der Waals surface area contributed by atoms with Crippen LogP contribution >= 0.6 is 0 Å². The molecule has 1 unspecified atom stereocenters. The van der Waals surface area contributed by atoms with Gasteiger partial charge in [0, 0.05) is 18.5 Å². The van der Waals surface area contributed by atoms with Crippen molar-refractivity contribution in [3.63, 3.8) is 0 Å². The van der Waals surface area contributed by atoms with Crippen molar-refractivity contribution in [2.24, 2.45) is 0 Å². The van der Waals surface area contributed by atoms with E-state index in [2.05, 4.69) is 15.7 Å². The molecular weight excluding hydrogens is 508 g/mol. The van der Waals surface area contributed by atoms with E-state index in [0.717, 1.165) is 27.8 Å². The van der Waals surface area contributed by atoms with Crippen molar-refractivity contribution >= 4 is 18.0 Å². The lowest BCUT2D eigenvalue weighted by atomic mass is 9.98. The Hall–Kier alpha value is -4.92. The van der Waals surface area contributed by atoms with E-state index in [-0.39, 0.29) is 31.9 Å². The van der Waals surface area contributed by atoms with Crippen LogP contribution in [-0.2, 0) is 27.4 Å². The van der Waals surface area contributed by atoms with Gasteiger partial charge in [0.05, 0.1) is 18.8 Å². The number of fused-ring (bicyclic) bond motifs is 3. The summed E-state index contributed by atoms with van der Waals surface area (Å²) in [6.45, 7) is 0.821. The van der Waals surface area contributed by atoms with Crippen LogP contribution < -0.4 is 10.6 Å². The molecule has 9 nitrogen and oxygen atoms in total. The van der Waals surface area contributed by atoms with Crippen LogP contribution in [0, 0.1) is 0 Å². The van der Waals surface area contributed by atoms with Crippen LogP contribution in [0.1, 0.15) is 41.1 Å². The third-order valence-corrected chi connectivity index (χ3v) is 6.93. The summed E-state index contributed by atoms with van der Waals surface area (Å²) >= 11 is 0. The fraction of sp³-hybridized carbons (Fsp3) is 0.226. The quantitative estimate of drug-likeness (QED) is 0.261. The maximum atomic E-state index is 12.9. The number of amides is 2. The van der Waals surface area contributed by atoms with Gasteiger partial charge in [-0.15, -0.1) is 0 Å². The molecule has 1 aromatic heterocycles. The molecule has 9 heteroatoms. The van der Waals surface area contributed by atoms with Crippen LogP contribution in [0.4, 0.5) is 4.79 Å². The second-order valence-electron chi connectivity index (χ2n) is 9.66. The average Bonchev–Trinajstić information content (AvgIpc) is 3.55. The number of nitrogens with one attached hydrogen (secondary N) is 2. The van der Waals surface area contributed by atoms with E-state index < -0.39 is 24.0 Å². The van der Waals surface area contributed by atoms with Crippen molar-refractivity contribution < 1.29 is 24.2 Å². The fourth-order valence-corrected chi connectivity index (χ4v) is 4.98. The lowest BCUT2D eigenvalue weighted by Gasteiger charge is -2.19. The van der Waals surface area contributed by atoms with Gasteiger partial charge in [-0.3, -0.25) is 14.3 Å². The maximum Gasteiger partial charge on any atom is 0.407 e. The molecule has 5 rings (SSSR count). The zero-order valence-corrected chi connectivity index (χ0v) is 21.8. The van der Waals surface area contributed by atoms with Gasteiger partial charge in [0.15, 0.2) is 0 Å². The summed E-state index contributed by atoms with van der Waals surface area (Å²) < 4.78 is 7.33. The number of ether oxygens (including phenoxy) is 1. The molecular formula is C31H30N4O5. The first kappa shape index (κ1) is 26.7. The molecule has 0 fully saturated rings. The van der Waals surface area contributed by atoms with Crippen LogP contribution in [-0.4, -0.2) is 45.5 Å². The van der Waals surface area contributed by atoms with E-state index in [9.17, 15) is 14.4 Å². The molecule has 0 saturated heterocycles. The topological polar surface area (TPSA) is 123 Å². The van der Waals surface area contributed by atoms with Gasteiger partial charge in [0.25, 0.3) is 0 Å². The Morgan fingerprint density at radius 1 is 0.900 bits per heavy atom. The van der Waals surface area contributed by atoms with Crippen LogP contribution in [0.5, 0.6) is 0 Å². The summed E-state index contributed by atoms with van der Waals surface area (Å²) in [4.78, 5) is 36.9. The van der Waals surface area contributed by atoms with Crippen molar-refractivity contribution in [1.29, 1.82) is 0 Å². The molecule has 1 atom stereocenters. The van der Waals surface area contributed by atoms with Crippen LogP contribution in [0.3, 0.4) is 0 Å². The molecule has 0 saturated carbocycles. The van der Waals surface area contributed by atoms with Gasteiger partial charge < -0.3 is 20.5 Å². The smallest absolute Gasteiger partial charge is 0.407 e. The molecule has 2 amide bonds. The van der Waals surface area contributed by atoms with Gasteiger partial charge in [-0.1, -0.05) is 78.9 Å². The van der Waals surface area contributed by atoms with Crippen LogP contribution in [0.2, 0.25) is 0 Å². The second kappa shape index (κ2) is 12.3. The molecule has 1 aliphatic carbocycles.